The zero-order valence-electron chi connectivity index (χ0n) is 18.2. The first-order chi connectivity index (χ1) is 15.2. The van der Waals surface area contributed by atoms with E-state index >= 15 is 0 Å². The Morgan fingerprint density at radius 3 is 2.58 bits per heavy atom. The molecule has 1 aromatic heterocycles. The molecule has 4 rings (SSSR count). The smallest absolute Gasteiger partial charge is 0.222 e. The summed E-state index contributed by atoms with van der Waals surface area (Å²) in [7, 11) is 1.66. The number of hydrogen-bond donors (Lipinski definition) is 0. The second kappa shape index (κ2) is 10.3. The van der Waals surface area contributed by atoms with Crippen LogP contribution in [0.25, 0.3) is 0 Å². The van der Waals surface area contributed by atoms with Crippen molar-refractivity contribution in [1.29, 1.82) is 0 Å². The molecule has 2 heterocycles. The number of ether oxygens (including phenoxy) is 1. The Kier molecular flexibility index (Phi) is 6.98. The number of nitrogens with zero attached hydrogens (tertiary/aromatic N) is 2. The van der Waals surface area contributed by atoms with Gasteiger partial charge in [0.05, 0.1) is 7.11 Å². The normalized spacial score (nSPS) is 16.2. The van der Waals surface area contributed by atoms with E-state index in [0.29, 0.717) is 12.3 Å². The minimum Gasteiger partial charge on any atom is -0.497 e. The van der Waals surface area contributed by atoms with Gasteiger partial charge in [-0.2, -0.15) is 0 Å². The zero-order chi connectivity index (χ0) is 21.5. The third kappa shape index (κ3) is 5.72. The van der Waals surface area contributed by atoms with E-state index in [-0.39, 0.29) is 5.91 Å². The van der Waals surface area contributed by atoms with Gasteiger partial charge in [-0.3, -0.25) is 9.78 Å². The van der Waals surface area contributed by atoms with E-state index in [1.165, 1.54) is 5.56 Å². The molecule has 1 amide bonds. The van der Waals surface area contributed by atoms with E-state index in [1.807, 2.05) is 35.2 Å². The molecule has 3 aromatic rings. The van der Waals surface area contributed by atoms with E-state index in [0.717, 1.165) is 61.5 Å². The fourth-order valence-electron chi connectivity index (χ4n) is 4.28. The summed E-state index contributed by atoms with van der Waals surface area (Å²) in [4.78, 5) is 19.8. The van der Waals surface area contributed by atoms with E-state index in [4.69, 9.17) is 9.72 Å². The van der Waals surface area contributed by atoms with Crippen molar-refractivity contribution in [1.82, 2.24) is 9.88 Å². The molecule has 1 saturated heterocycles. The van der Waals surface area contributed by atoms with Crippen molar-refractivity contribution >= 4 is 5.91 Å². The van der Waals surface area contributed by atoms with Crippen LogP contribution in [0.2, 0.25) is 0 Å². The van der Waals surface area contributed by atoms with Gasteiger partial charge in [0.1, 0.15) is 5.75 Å². The van der Waals surface area contributed by atoms with Crippen molar-refractivity contribution in [2.75, 3.05) is 20.2 Å². The molecular weight excluding hydrogens is 384 g/mol. The number of likely N-dealkylation sites (tertiary alicyclic amines) is 1. The van der Waals surface area contributed by atoms with Crippen LogP contribution in [0.1, 0.15) is 47.7 Å². The monoisotopic (exact) mass is 414 g/mol. The summed E-state index contributed by atoms with van der Waals surface area (Å²) in [6.07, 6.45) is 4.26. The molecule has 4 heteroatoms. The van der Waals surface area contributed by atoms with E-state index < -0.39 is 0 Å². The first kappa shape index (κ1) is 21.1. The molecule has 31 heavy (non-hydrogen) atoms. The Morgan fingerprint density at radius 1 is 1.00 bits per heavy atom. The van der Waals surface area contributed by atoms with Gasteiger partial charge in [0.25, 0.3) is 0 Å². The molecule has 2 aromatic carbocycles. The number of methoxy groups -OCH3 is 1. The van der Waals surface area contributed by atoms with Crippen molar-refractivity contribution in [3.63, 3.8) is 0 Å². The third-order valence-corrected chi connectivity index (χ3v) is 6.04. The van der Waals surface area contributed by atoms with Gasteiger partial charge in [-0.05, 0) is 54.7 Å². The molecule has 160 valence electrons. The predicted molar refractivity (Wildman–Crippen MR) is 123 cm³/mol. The third-order valence-electron chi connectivity index (χ3n) is 6.04. The molecule has 4 nitrogen and oxygen atoms in total. The Morgan fingerprint density at radius 2 is 1.81 bits per heavy atom. The second-order valence-electron chi connectivity index (χ2n) is 8.24. The molecule has 0 unspecified atom stereocenters. The Balaban J connectivity index is 1.35. The van der Waals surface area contributed by atoms with Gasteiger partial charge in [0.15, 0.2) is 0 Å². The first-order valence-electron chi connectivity index (χ1n) is 11.1. The average molecular weight is 415 g/mol. The fourth-order valence-corrected chi connectivity index (χ4v) is 4.28. The molecule has 0 aliphatic carbocycles. The van der Waals surface area contributed by atoms with Crippen molar-refractivity contribution in [3.8, 4) is 5.75 Å². The van der Waals surface area contributed by atoms with Crippen LogP contribution in [0.3, 0.4) is 0 Å². The number of rotatable bonds is 7. The molecular formula is C27H30N2O2. The van der Waals surface area contributed by atoms with Crippen molar-refractivity contribution in [3.05, 3.63) is 95.3 Å². The number of pyridine rings is 1. The number of amides is 1. The van der Waals surface area contributed by atoms with E-state index in [9.17, 15) is 4.79 Å². The summed E-state index contributed by atoms with van der Waals surface area (Å²) in [5.74, 6) is 1.39. The van der Waals surface area contributed by atoms with Crippen LogP contribution in [0.15, 0.2) is 72.8 Å². The fraction of sp³-hybridized carbons (Fsp3) is 0.333. The summed E-state index contributed by atoms with van der Waals surface area (Å²) in [5.41, 5.74) is 4.64. The maximum Gasteiger partial charge on any atom is 0.222 e. The van der Waals surface area contributed by atoms with Crippen molar-refractivity contribution in [2.45, 2.75) is 38.0 Å². The number of carbonyl (C=O) groups is 1. The lowest BCUT2D eigenvalue weighted by atomic mass is 9.93. The highest BCUT2D eigenvalue weighted by molar-refractivity contribution is 5.76. The molecule has 1 fully saturated rings. The lowest BCUT2D eigenvalue weighted by Crippen LogP contribution is -2.39. The SMILES string of the molecule is COc1ccc(CCC(=O)N2CCC[C@H](c3cccc(Cc4ccccc4)n3)C2)cc1. The van der Waals surface area contributed by atoms with Crippen LogP contribution in [0.5, 0.6) is 5.75 Å². The number of carbonyl (C=O) groups excluding carboxylic acids is 1. The summed E-state index contributed by atoms with van der Waals surface area (Å²) in [6, 6.07) is 24.7. The summed E-state index contributed by atoms with van der Waals surface area (Å²) < 4.78 is 5.20. The van der Waals surface area contributed by atoms with Crippen molar-refractivity contribution in [2.24, 2.45) is 0 Å². The minimum absolute atomic E-state index is 0.237. The summed E-state index contributed by atoms with van der Waals surface area (Å²) >= 11 is 0. The topological polar surface area (TPSA) is 42.4 Å². The standard InChI is InChI=1S/C27H30N2O2/c1-31-25-15-12-21(13-16-25)14-17-27(30)29-18-6-9-23(20-29)26-11-5-10-24(28-26)19-22-7-3-2-4-8-22/h2-5,7-8,10-13,15-16,23H,6,9,14,17-20H2,1H3/t23-/m0/s1. The number of aromatic nitrogens is 1. The molecule has 1 aliphatic rings. The number of hydrogen-bond acceptors (Lipinski definition) is 3. The Hall–Kier alpha value is -3.14. The largest absolute Gasteiger partial charge is 0.497 e. The van der Waals surface area contributed by atoms with E-state index in [2.05, 4.69) is 42.5 Å². The molecule has 1 atom stereocenters. The van der Waals surface area contributed by atoms with Gasteiger partial charge in [0.2, 0.25) is 5.91 Å². The van der Waals surface area contributed by atoms with Gasteiger partial charge in [-0.1, -0.05) is 48.5 Å². The molecule has 0 radical (unpaired) electrons. The minimum atomic E-state index is 0.237. The average Bonchev–Trinajstić information content (AvgIpc) is 2.84. The highest BCUT2D eigenvalue weighted by atomic mass is 16.5. The molecule has 0 N–H and O–H groups in total. The first-order valence-corrected chi connectivity index (χ1v) is 11.1. The Bertz CT molecular complexity index is 986. The molecule has 1 aliphatic heterocycles. The van der Waals surface area contributed by atoms with Crippen LogP contribution < -0.4 is 4.74 Å². The number of benzene rings is 2. The molecule has 0 spiro atoms. The lowest BCUT2D eigenvalue weighted by Gasteiger charge is -2.32. The highest BCUT2D eigenvalue weighted by Gasteiger charge is 2.25. The molecule has 0 bridgehead atoms. The van der Waals surface area contributed by atoms with Crippen LogP contribution in [0, 0.1) is 0 Å². The zero-order valence-corrected chi connectivity index (χ0v) is 18.2. The van der Waals surface area contributed by atoms with Crippen LogP contribution in [-0.4, -0.2) is 36.0 Å². The van der Waals surface area contributed by atoms with Crippen LogP contribution in [0.4, 0.5) is 0 Å². The maximum absolute atomic E-state index is 12.9. The van der Waals surface area contributed by atoms with Crippen molar-refractivity contribution < 1.29 is 9.53 Å². The van der Waals surface area contributed by atoms with E-state index in [1.54, 1.807) is 7.11 Å². The lowest BCUT2D eigenvalue weighted by molar-refractivity contribution is -0.132. The van der Waals surface area contributed by atoms with Gasteiger partial charge in [0, 0.05) is 43.2 Å². The summed E-state index contributed by atoms with van der Waals surface area (Å²) in [5, 5.41) is 0. The van der Waals surface area contributed by atoms with Gasteiger partial charge in [-0.15, -0.1) is 0 Å². The summed E-state index contributed by atoms with van der Waals surface area (Å²) in [6.45, 7) is 1.62. The van der Waals surface area contributed by atoms with Crippen LogP contribution >= 0.6 is 0 Å². The van der Waals surface area contributed by atoms with Gasteiger partial charge < -0.3 is 9.64 Å². The number of piperidine rings is 1. The highest BCUT2D eigenvalue weighted by Crippen LogP contribution is 2.27. The van der Waals surface area contributed by atoms with Gasteiger partial charge in [-0.25, -0.2) is 0 Å². The van der Waals surface area contributed by atoms with Gasteiger partial charge >= 0.3 is 0 Å². The number of aryl methyl sites for hydroxylation is 1. The predicted octanol–water partition coefficient (Wildman–Crippen LogP) is 5.02. The van der Waals surface area contributed by atoms with Crippen LogP contribution in [-0.2, 0) is 17.6 Å². The Labute approximate surface area is 184 Å². The quantitative estimate of drug-likeness (QED) is 0.545. The molecule has 0 saturated carbocycles. The second-order valence-corrected chi connectivity index (χ2v) is 8.24. The maximum atomic E-state index is 12.9.